The quantitative estimate of drug-likeness (QED) is 0.696. The van der Waals surface area contributed by atoms with E-state index in [0.717, 1.165) is 17.5 Å². The number of nitrogens with zero attached hydrogens (tertiary/aromatic N) is 2. The van der Waals surface area contributed by atoms with Gasteiger partial charge in [0.1, 0.15) is 0 Å². The van der Waals surface area contributed by atoms with Crippen LogP contribution in [-0.4, -0.2) is 40.1 Å². The topological polar surface area (TPSA) is 53.5 Å². The molecule has 1 radical (unpaired) electrons. The summed E-state index contributed by atoms with van der Waals surface area (Å²) in [6.45, 7) is 4.52. The minimum atomic E-state index is -2.66. The average Bonchev–Trinajstić information content (AvgIpc) is 2.64. The Morgan fingerprint density at radius 3 is 1.61 bits per heavy atom. The zero-order valence-corrected chi connectivity index (χ0v) is 14.9. The molecule has 23 heavy (non-hydrogen) atoms. The van der Waals surface area contributed by atoms with E-state index >= 15 is 0 Å². The van der Waals surface area contributed by atoms with Crippen molar-refractivity contribution in [1.29, 1.82) is 0 Å². The molecule has 0 N–H and O–H groups in total. The molecule has 0 aliphatic heterocycles. The summed E-state index contributed by atoms with van der Waals surface area (Å²) in [5.41, 5.74) is 1.73. The minimum absolute atomic E-state index is 0.445. The van der Waals surface area contributed by atoms with E-state index in [-0.39, 0.29) is 0 Å². The molecule has 0 atom stereocenters. The molecular formula is C17H23N2O3Si. The molecule has 0 saturated heterocycles. The van der Waals surface area contributed by atoms with Gasteiger partial charge in [-0.3, -0.25) is 9.97 Å². The van der Waals surface area contributed by atoms with Crippen LogP contribution in [0.15, 0.2) is 49.1 Å². The Morgan fingerprint density at radius 2 is 1.26 bits per heavy atom. The fourth-order valence-corrected chi connectivity index (χ4v) is 4.57. The van der Waals surface area contributed by atoms with Gasteiger partial charge in [0, 0.05) is 57.6 Å². The summed E-state index contributed by atoms with van der Waals surface area (Å²) in [6, 6.07) is 8.61. The lowest BCUT2D eigenvalue weighted by Crippen LogP contribution is -2.44. The number of aromatic nitrogens is 2. The van der Waals surface area contributed by atoms with E-state index in [1.165, 1.54) is 0 Å². The van der Waals surface area contributed by atoms with Gasteiger partial charge in [-0.25, -0.2) is 0 Å². The highest BCUT2D eigenvalue weighted by Gasteiger charge is 2.41. The molecule has 0 bridgehead atoms. The molecule has 0 aliphatic rings. The molecule has 2 rings (SSSR count). The highest BCUT2D eigenvalue weighted by molar-refractivity contribution is 6.60. The van der Waals surface area contributed by atoms with Crippen molar-refractivity contribution in [3.05, 3.63) is 67.1 Å². The highest BCUT2D eigenvalue weighted by Crippen LogP contribution is 2.37. The SMILES string of the molecule is [CH2]C(CC[Si](OC)(OC)OC)(c1ccncc1)c1ccncc1. The van der Waals surface area contributed by atoms with E-state index in [1.54, 1.807) is 46.1 Å². The summed E-state index contributed by atoms with van der Waals surface area (Å²) in [4.78, 5) is 8.21. The van der Waals surface area contributed by atoms with Crippen molar-refractivity contribution in [2.45, 2.75) is 17.9 Å². The molecule has 5 nitrogen and oxygen atoms in total. The van der Waals surface area contributed by atoms with Crippen LogP contribution in [0.1, 0.15) is 17.5 Å². The maximum atomic E-state index is 5.55. The van der Waals surface area contributed by atoms with Crippen molar-refractivity contribution in [3.63, 3.8) is 0 Å². The van der Waals surface area contributed by atoms with Crippen LogP contribution >= 0.6 is 0 Å². The van der Waals surface area contributed by atoms with Gasteiger partial charge in [-0.2, -0.15) is 0 Å². The van der Waals surface area contributed by atoms with E-state index in [9.17, 15) is 0 Å². The highest BCUT2D eigenvalue weighted by atomic mass is 28.4. The normalized spacial score (nSPS) is 12.3. The first-order chi connectivity index (χ1) is 11.1. The second-order valence-electron chi connectivity index (χ2n) is 5.35. The molecule has 2 aromatic heterocycles. The molecule has 123 valence electrons. The standard InChI is InChI=1S/C17H23N2O3Si/c1-17(15-5-10-18-11-6-15,16-7-12-19-13-8-16)9-14-23(20-2,21-3)22-4/h5-8,10-13H,1,9,14H2,2-4H3. The van der Waals surface area contributed by atoms with Crippen molar-refractivity contribution in [2.24, 2.45) is 0 Å². The van der Waals surface area contributed by atoms with Crippen molar-refractivity contribution in [1.82, 2.24) is 9.97 Å². The van der Waals surface area contributed by atoms with Crippen LogP contribution in [0, 0.1) is 6.92 Å². The van der Waals surface area contributed by atoms with Crippen molar-refractivity contribution < 1.29 is 13.3 Å². The fourth-order valence-electron chi connectivity index (χ4n) is 2.72. The lowest BCUT2D eigenvalue weighted by Gasteiger charge is -2.33. The van der Waals surface area contributed by atoms with Gasteiger partial charge in [0.15, 0.2) is 0 Å². The lowest BCUT2D eigenvalue weighted by molar-refractivity contribution is 0.121. The summed E-state index contributed by atoms with van der Waals surface area (Å²) in [6.07, 6.45) is 7.85. The van der Waals surface area contributed by atoms with Crippen LogP contribution in [-0.2, 0) is 18.7 Å². The number of rotatable bonds is 8. The summed E-state index contributed by atoms with van der Waals surface area (Å²) in [5.74, 6) is 0. The van der Waals surface area contributed by atoms with Crippen LogP contribution < -0.4 is 0 Å². The van der Waals surface area contributed by atoms with Crippen molar-refractivity contribution >= 4 is 8.80 Å². The predicted molar refractivity (Wildman–Crippen MR) is 90.8 cm³/mol. The molecule has 0 amide bonds. The van der Waals surface area contributed by atoms with E-state index < -0.39 is 14.2 Å². The monoisotopic (exact) mass is 331 g/mol. The Morgan fingerprint density at radius 1 is 0.870 bits per heavy atom. The van der Waals surface area contributed by atoms with Crippen molar-refractivity contribution in [3.8, 4) is 0 Å². The van der Waals surface area contributed by atoms with E-state index in [2.05, 4.69) is 16.9 Å². The first-order valence-corrected chi connectivity index (χ1v) is 9.35. The lowest BCUT2D eigenvalue weighted by atomic mass is 9.75. The van der Waals surface area contributed by atoms with Crippen LogP contribution in [0.3, 0.4) is 0 Å². The van der Waals surface area contributed by atoms with Gasteiger partial charge < -0.3 is 13.3 Å². The Bertz CT molecular complexity index is 544. The molecule has 0 aliphatic carbocycles. The summed E-state index contributed by atoms with van der Waals surface area (Å²) < 4.78 is 16.6. The summed E-state index contributed by atoms with van der Waals surface area (Å²) in [7, 11) is 2.22. The maximum Gasteiger partial charge on any atom is 0.500 e. The first kappa shape index (κ1) is 17.7. The number of pyridine rings is 2. The summed E-state index contributed by atoms with van der Waals surface area (Å²) in [5, 5.41) is 0. The van der Waals surface area contributed by atoms with Gasteiger partial charge in [0.05, 0.1) is 0 Å². The molecular weight excluding hydrogens is 308 g/mol. The number of hydrogen-bond acceptors (Lipinski definition) is 5. The molecule has 2 heterocycles. The Hall–Kier alpha value is -1.60. The van der Waals surface area contributed by atoms with Gasteiger partial charge in [-0.05, 0) is 48.7 Å². The van der Waals surface area contributed by atoms with E-state index in [4.69, 9.17) is 13.3 Å². The molecule has 0 aromatic carbocycles. The first-order valence-electron chi connectivity index (χ1n) is 7.42. The molecule has 0 saturated carbocycles. The third-order valence-corrected chi connectivity index (χ3v) is 6.99. The van der Waals surface area contributed by atoms with Gasteiger partial charge in [0.2, 0.25) is 0 Å². The zero-order valence-electron chi connectivity index (χ0n) is 13.9. The number of hydrogen-bond donors (Lipinski definition) is 0. The third kappa shape index (κ3) is 3.84. The van der Waals surface area contributed by atoms with E-state index in [0.29, 0.717) is 6.04 Å². The Labute approximate surface area is 139 Å². The molecule has 0 unspecified atom stereocenters. The third-order valence-electron chi connectivity index (χ3n) is 4.26. The Kier molecular flexibility index (Phi) is 6.01. The summed E-state index contributed by atoms with van der Waals surface area (Å²) >= 11 is 0. The minimum Gasteiger partial charge on any atom is -0.377 e. The van der Waals surface area contributed by atoms with Crippen LogP contribution in [0.4, 0.5) is 0 Å². The van der Waals surface area contributed by atoms with Crippen LogP contribution in [0.5, 0.6) is 0 Å². The largest absolute Gasteiger partial charge is 0.500 e. The molecule has 0 fully saturated rings. The van der Waals surface area contributed by atoms with Gasteiger partial charge >= 0.3 is 8.80 Å². The smallest absolute Gasteiger partial charge is 0.377 e. The van der Waals surface area contributed by atoms with E-state index in [1.807, 2.05) is 24.3 Å². The predicted octanol–water partition coefficient (Wildman–Crippen LogP) is 2.86. The molecule has 2 aromatic rings. The van der Waals surface area contributed by atoms with Gasteiger partial charge in [-0.15, -0.1) is 0 Å². The fraction of sp³-hybridized carbons (Fsp3) is 0.353. The average molecular weight is 331 g/mol. The van der Waals surface area contributed by atoms with Gasteiger partial charge in [-0.1, -0.05) is 0 Å². The van der Waals surface area contributed by atoms with Gasteiger partial charge in [0.25, 0.3) is 0 Å². The second kappa shape index (κ2) is 7.78. The maximum absolute atomic E-state index is 5.55. The zero-order chi connectivity index (χ0) is 16.8. The molecule has 6 heteroatoms. The van der Waals surface area contributed by atoms with Crippen molar-refractivity contribution in [2.75, 3.05) is 21.3 Å². The molecule has 0 spiro atoms. The second-order valence-corrected chi connectivity index (χ2v) is 8.44. The van der Waals surface area contributed by atoms with Crippen LogP contribution in [0.2, 0.25) is 6.04 Å². The Balaban J connectivity index is 2.36. The van der Waals surface area contributed by atoms with Crippen LogP contribution in [0.25, 0.3) is 0 Å².